The molecule has 0 spiro atoms. The number of benzene rings is 1. The number of halogens is 1. The molecule has 28 heavy (non-hydrogen) atoms. The Hall–Kier alpha value is -2.22. The van der Waals surface area contributed by atoms with Gasteiger partial charge in [-0.25, -0.2) is 9.67 Å². The topological polar surface area (TPSA) is 77.0 Å². The van der Waals surface area contributed by atoms with Gasteiger partial charge >= 0.3 is 0 Å². The van der Waals surface area contributed by atoms with Crippen molar-refractivity contribution in [3.63, 3.8) is 0 Å². The fourth-order valence-corrected chi connectivity index (χ4v) is 4.21. The Bertz CT molecular complexity index is 924. The van der Waals surface area contributed by atoms with Crippen LogP contribution < -0.4 is 5.73 Å². The number of carbonyl (C=O) groups is 1. The molecule has 2 unspecified atom stereocenters. The number of hydrogen-bond donors (Lipinski definition) is 1. The first kappa shape index (κ1) is 20.5. The summed E-state index contributed by atoms with van der Waals surface area (Å²) in [4.78, 5) is 19.3. The fourth-order valence-electron chi connectivity index (χ4n) is 3.45. The van der Waals surface area contributed by atoms with Gasteiger partial charge in [0, 0.05) is 36.3 Å². The molecule has 0 saturated carbocycles. The van der Waals surface area contributed by atoms with E-state index in [1.54, 1.807) is 6.20 Å². The Morgan fingerprint density at radius 1 is 1.32 bits per heavy atom. The summed E-state index contributed by atoms with van der Waals surface area (Å²) in [6.07, 6.45) is 5.81. The van der Waals surface area contributed by atoms with Gasteiger partial charge < -0.3 is 10.6 Å². The average Bonchev–Trinajstić information content (AvgIpc) is 3.38. The van der Waals surface area contributed by atoms with Gasteiger partial charge in [0.05, 0.1) is 11.9 Å². The molecule has 8 heteroatoms. The molecule has 2 atom stereocenters. The third kappa shape index (κ3) is 4.27. The lowest BCUT2D eigenvalue weighted by molar-refractivity contribution is 0.0656. The quantitative estimate of drug-likeness (QED) is 0.703. The highest BCUT2D eigenvalue weighted by Gasteiger charge is 2.27. The summed E-state index contributed by atoms with van der Waals surface area (Å²) in [6, 6.07) is 10.0. The summed E-state index contributed by atoms with van der Waals surface area (Å²) in [7, 11) is 0. The van der Waals surface area contributed by atoms with Crippen molar-refractivity contribution in [1.29, 1.82) is 0 Å². The highest BCUT2D eigenvalue weighted by Crippen LogP contribution is 2.26. The maximum absolute atomic E-state index is 12.8. The Morgan fingerprint density at radius 2 is 2.11 bits per heavy atom. The summed E-state index contributed by atoms with van der Waals surface area (Å²) in [5.74, 6) is 0.364. The molecule has 1 saturated heterocycles. The molecule has 1 aromatic carbocycles. The van der Waals surface area contributed by atoms with Crippen molar-refractivity contribution in [3.8, 4) is 16.3 Å². The van der Waals surface area contributed by atoms with E-state index < -0.39 is 0 Å². The number of para-hydroxylation sites is 1. The molecule has 3 heterocycles. The SMILES string of the molecule is CC(N)C1CCCN(C(=O)c2csc(-c3cnn(-c4ccccc4)c3)n2)C1.Cl. The Balaban J connectivity index is 0.00000225. The minimum absolute atomic E-state index is 0. The molecule has 6 nitrogen and oxygen atoms in total. The van der Waals surface area contributed by atoms with Crippen LogP contribution in [0, 0.1) is 5.92 Å². The Labute approximate surface area is 174 Å². The maximum Gasteiger partial charge on any atom is 0.273 e. The van der Waals surface area contributed by atoms with Crippen LogP contribution in [0.5, 0.6) is 0 Å². The number of hydrogen-bond acceptors (Lipinski definition) is 5. The fraction of sp³-hybridized carbons (Fsp3) is 0.350. The van der Waals surface area contributed by atoms with Gasteiger partial charge in [-0.15, -0.1) is 23.7 Å². The first-order valence-corrected chi connectivity index (χ1v) is 10.1. The van der Waals surface area contributed by atoms with Crippen molar-refractivity contribution >= 4 is 29.7 Å². The van der Waals surface area contributed by atoms with E-state index in [0.29, 0.717) is 11.6 Å². The molecule has 1 aliphatic heterocycles. The van der Waals surface area contributed by atoms with E-state index in [-0.39, 0.29) is 24.4 Å². The number of piperidine rings is 1. The van der Waals surface area contributed by atoms with Gasteiger partial charge in [0.25, 0.3) is 5.91 Å². The third-order valence-corrected chi connectivity index (χ3v) is 5.95. The molecule has 3 aromatic rings. The number of amides is 1. The van der Waals surface area contributed by atoms with Crippen LogP contribution in [0.25, 0.3) is 16.3 Å². The van der Waals surface area contributed by atoms with Crippen molar-refractivity contribution in [1.82, 2.24) is 19.7 Å². The van der Waals surface area contributed by atoms with E-state index >= 15 is 0 Å². The molecule has 0 aliphatic carbocycles. The normalized spacial score (nSPS) is 17.8. The molecule has 148 valence electrons. The molecule has 0 radical (unpaired) electrons. The minimum Gasteiger partial charge on any atom is -0.337 e. The van der Waals surface area contributed by atoms with Crippen molar-refractivity contribution in [2.45, 2.75) is 25.8 Å². The van der Waals surface area contributed by atoms with Crippen LogP contribution in [0.1, 0.15) is 30.3 Å². The molecule has 2 aromatic heterocycles. The number of aromatic nitrogens is 3. The second-order valence-electron chi connectivity index (χ2n) is 7.06. The van der Waals surface area contributed by atoms with Gasteiger partial charge in [-0.05, 0) is 37.8 Å². The molecular formula is C20H24ClN5OS. The van der Waals surface area contributed by atoms with Crippen molar-refractivity contribution in [3.05, 3.63) is 53.8 Å². The standard InChI is InChI=1S/C20H23N5OS.ClH/c1-14(21)15-6-5-9-24(11-15)20(26)18-13-27-19(23-18)16-10-22-25(12-16)17-7-3-2-4-8-17;/h2-4,7-8,10,12-15H,5-6,9,11,21H2,1H3;1H. The average molecular weight is 418 g/mol. The van der Waals surface area contributed by atoms with E-state index in [2.05, 4.69) is 10.1 Å². The van der Waals surface area contributed by atoms with E-state index in [1.807, 2.05) is 58.4 Å². The van der Waals surface area contributed by atoms with Crippen molar-refractivity contribution < 1.29 is 4.79 Å². The number of likely N-dealkylation sites (tertiary alicyclic amines) is 1. The molecule has 1 fully saturated rings. The van der Waals surface area contributed by atoms with Gasteiger partial charge in [0.2, 0.25) is 0 Å². The number of nitrogens with two attached hydrogens (primary N) is 1. The van der Waals surface area contributed by atoms with Crippen LogP contribution in [-0.2, 0) is 0 Å². The molecule has 1 aliphatic rings. The monoisotopic (exact) mass is 417 g/mol. The van der Waals surface area contributed by atoms with Crippen LogP contribution >= 0.6 is 23.7 Å². The first-order chi connectivity index (χ1) is 13.1. The minimum atomic E-state index is -0.00157. The smallest absolute Gasteiger partial charge is 0.273 e. The van der Waals surface area contributed by atoms with Gasteiger partial charge in [0.15, 0.2) is 0 Å². The third-order valence-electron chi connectivity index (χ3n) is 5.06. The first-order valence-electron chi connectivity index (χ1n) is 9.22. The summed E-state index contributed by atoms with van der Waals surface area (Å²) < 4.78 is 1.82. The van der Waals surface area contributed by atoms with E-state index in [9.17, 15) is 4.79 Å². The van der Waals surface area contributed by atoms with E-state index in [4.69, 9.17) is 5.73 Å². The summed E-state index contributed by atoms with van der Waals surface area (Å²) in [5, 5.41) is 7.06. The summed E-state index contributed by atoms with van der Waals surface area (Å²) >= 11 is 1.47. The summed E-state index contributed by atoms with van der Waals surface area (Å²) in [5.41, 5.74) is 8.45. The molecule has 1 amide bonds. The lowest BCUT2D eigenvalue weighted by Crippen LogP contribution is -2.45. The zero-order chi connectivity index (χ0) is 18.8. The number of nitrogens with zero attached hydrogens (tertiary/aromatic N) is 4. The second kappa shape index (κ2) is 8.86. The van der Waals surface area contributed by atoms with Crippen LogP contribution in [0.4, 0.5) is 0 Å². The highest BCUT2D eigenvalue weighted by molar-refractivity contribution is 7.13. The van der Waals surface area contributed by atoms with Gasteiger partial charge in [-0.2, -0.15) is 5.10 Å². The number of carbonyl (C=O) groups excluding carboxylic acids is 1. The molecule has 4 rings (SSSR count). The maximum atomic E-state index is 12.8. The van der Waals surface area contributed by atoms with E-state index in [0.717, 1.165) is 42.2 Å². The van der Waals surface area contributed by atoms with Crippen LogP contribution in [0.3, 0.4) is 0 Å². The predicted molar refractivity (Wildman–Crippen MR) is 114 cm³/mol. The van der Waals surface area contributed by atoms with Crippen molar-refractivity contribution in [2.24, 2.45) is 11.7 Å². The zero-order valence-corrected chi connectivity index (χ0v) is 17.3. The molecule has 2 N–H and O–H groups in total. The second-order valence-corrected chi connectivity index (χ2v) is 7.92. The predicted octanol–water partition coefficient (Wildman–Crippen LogP) is 3.62. The lowest BCUT2D eigenvalue weighted by atomic mass is 9.92. The molecular weight excluding hydrogens is 394 g/mol. The Kier molecular flexibility index (Phi) is 6.49. The van der Waals surface area contributed by atoms with Crippen LogP contribution in [-0.4, -0.2) is 44.7 Å². The van der Waals surface area contributed by atoms with E-state index in [1.165, 1.54) is 11.3 Å². The van der Waals surface area contributed by atoms with Gasteiger partial charge in [0.1, 0.15) is 10.7 Å². The largest absolute Gasteiger partial charge is 0.337 e. The summed E-state index contributed by atoms with van der Waals surface area (Å²) in [6.45, 7) is 3.51. The van der Waals surface area contributed by atoms with Gasteiger partial charge in [-0.3, -0.25) is 4.79 Å². The van der Waals surface area contributed by atoms with Gasteiger partial charge in [-0.1, -0.05) is 18.2 Å². The Morgan fingerprint density at radius 3 is 2.86 bits per heavy atom. The number of thiazole rings is 1. The van der Waals surface area contributed by atoms with Crippen molar-refractivity contribution in [2.75, 3.05) is 13.1 Å². The van der Waals surface area contributed by atoms with Crippen LogP contribution in [0.15, 0.2) is 48.1 Å². The molecule has 0 bridgehead atoms. The number of rotatable bonds is 4. The lowest BCUT2D eigenvalue weighted by Gasteiger charge is -2.34. The highest BCUT2D eigenvalue weighted by atomic mass is 35.5. The zero-order valence-electron chi connectivity index (χ0n) is 15.7. The van der Waals surface area contributed by atoms with Crippen LogP contribution in [0.2, 0.25) is 0 Å².